The fourth-order valence-electron chi connectivity index (χ4n) is 4.01. The van der Waals surface area contributed by atoms with Crippen LogP contribution in [0, 0.1) is 11.3 Å². The topological polar surface area (TPSA) is 59.5 Å². The predicted octanol–water partition coefficient (Wildman–Crippen LogP) is 6.21. The molecule has 5 heteroatoms. The zero-order valence-corrected chi connectivity index (χ0v) is 18.3. The van der Waals surface area contributed by atoms with Gasteiger partial charge in [0.05, 0.1) is 30.9 Å². The fraction of sp³-hybridized carbons (Fsp3) is 0.0714. The van der Waals surface area contributed by atoms with Crippen LogP contribution in [-0.2, 0) is 0 Å². The van der Waals surface area contributed by atoms with E-state index in [1.54, 1.807) is 14.2 Å². The Morgan fingerprint density at radius 1 is 0.848 bits per heavy atom. The molecular weight excluding hydrogens is 410 g/mol. The molecule has 0 N–H and O–H groups in total. The van der Waals surface area contributed by atoms with Crippen molar-refractivity contribution in [3.05, 3.63) is 95.6 Å². The van der Waals surface area contributed by atoms with E-state index in [2.05, 4.69) is 6.07 Å². The van der Waals surface area contributed by atoms with Gasteiger partial charge in [-0.15, -0.1) is 0 Å². The molecule has 0 aliphatic carbocycles. The highest BCUT2D eigenvalue weighted by Crippen LogP contribution is 2.34. The lowest BCUT2D eigenvalue weighted by molar-refractivity contribution is 0.394. The van der Waals surface area contributed by atoms with E-state index in [0.717, 1.165) is 33.4 Å². The van der Waals surface area contributed by atoms with Gasteiger partial charge in [-0.25, -0.2) is 4.98 Å². The second-order valence-corrected chi connectivity index (χ2v) is 7.58. The van der Waals surface area contributed by atoms with Crippen molar-refractivity contribution in [2.24, 2.45) is 0 Å². The summed E-state index contributed by atoms with van der Waals surface area (Å²) in [4.78, 5) is 4.82. The van der Waals surface area contributed by atoms with Gasteiger partial charge in [0.1, 0.15) is 23.1 Å². The number of ether oxygens (including phenoxy) is 2. The number of hydrogen-bond acceptors (Lipinski definition) is 4. The fourth-order valence-corrected chi connectivity index (χ4v) is 4.01. The third kappa shape index (κ3) is 3.68. The van der Waals surface area contributed by atoms with Crippen molar-refractivity contribution in [3.63, 3.8) is 0 Å². The number of fused-ring (bicyclic) bond motifs is 3. The molecule has 160 valence electrons. The maximum Gasteiger partial charge on any atom is 0.157 e. The highest BCUT2D eigenvalue weighted by atomic mass is 16.5. The lowest BCUT2D eigenvalue weighted by Gasteiger charge is -2.13. The molecule has 5 rings (SSSR count). The first-order valence-corrected chi connectivity index (χ1v) is 10.5. The van der Waals surface area contributed by atoms with E-state index in [4.69, 9.17) is 14.5 Å². The summed E-state index contributed by atoms with van der Waals surface area (Å²) in [5, 5.41) is 10.1. The maximum atomic E-state index is 10.1. The van der Waals surface area contributed by atoms with Crippen LogP contribution in [0.25, 0.3) is 40.1 Å². The van der Waals surface area contributed by atoms with Gasteiger partial charge in [-0.3, -0.25) is 4.40 Å². The Morgan fingerprint density at radius 3 is 2.24 bits per heavy atom. The van der Waals surface area contributed by atoms with Gasteiger partial charge in [-0.05, 0) is 41.5 Å². The maximum absolute atomic E-state index is 10.1. The van der Waals surface area contributed by atoms with Crippen molar-refractivity contribution in [3.8, 4) is 28.8 Å². The molecule has 0 aliphatic heterocycles. The van der Waals surface area contributed by atoms with Gasteiger partial charge < -0.3 is 9.47 Å². The summed E-state index contributed by atoms with van der Waals surface area (Å²) in [6.07, 6.45) is 3.97. The first-order valence-electron chi connectivity index (χ1n) is 10.5. The molecule has 0 saturated carbocycles. The lowest BCUT2D eigenvalue weighted by Crippen LogP contribution is -1.99. The summed E-state index contributed by atoms with van der Waals surface area (Å²) in [6.45, 7) is 0. The molecule has 2 aromatic heterocycles. The SMILES string of the molecule is COc1cc(OC)cc(-c2cc(C=Cc3ccccc3)c(C#N)c3nc4ccccc4n23)c1. The van der Waals surface area contributed by atoms with Crippen molar-refractivity contribution >= 4 is 28.8 Å². The van der Waals surface area contributed by atoms with Crippen molar-refractivity contribution in [1.29, 1.82) is 5.26 Å². The first kappa shape index (κ1) is 20.3. The number of hydrogen-bond donors (Lipinski definition) is 0. The largest absolute Gasteiger partial charge is 0.497 e. The standard InChI is InChI=1S/C28H21N3O2/c1-32-22-14-21(15-23(17-22)33-2)27-16-20(13-12-19-8-4-3-5-9-19)24(18-29)28-30-25-10-6-7-11-26(25)31(27)28/h3-17H,1-2H3. The summed E-state index contributed by atoms with van der Waals surface area (Å²) in [5.41, 5.74) is 6.54. The number of aromatic nitrogens is 2. The van der Waals surface area contributed by atoms with Crippen LogP contribution in [0.3, 0.4) is 0 Å². The molecule has 2 heterocycles. The third-order valence-electron chi connectivity index (χ3n) is 5.62. The minimum absolute atomic E-state index is 0.525. The van der Waals surface area contributed by atoms with Crippen LogP contribution in [0.5, 0.6) is 11.5 Å². The normalized spacial score (nSPS) is 11.2. The quantitative estimate of drug-likeness (QED) is 0.332. The van der Waals surface area contributed by atoms with E-state index in [0.29, 0.717) is 22.7 Å². The predicted molar refractivity (Wildman–Crippen MR) is 131 cm³/mol. The second kappa shape index (κ2) is 8.52. The summed E-state index contributed by atoms with van der Waals surface area (Å²) in [7, 11) is 3.27. The number of imidazole rings is 1. The minimum atomic E-state index is 0.525. The van der Waals surface area contributed by atoms with Crippen LogP contribution in [0.15, 0.2) is 78.9 Å². The molecule has 0 spiro atoms. The van der Waals surface area contributed by atoms with E-state index in [-0.39, 0.29) is 0 Å². The van der Waals surface area contributed by atoms with Gasteiger partial charge in [0, 0.05) is 11.6 Å². The third-order valence-corrected chi connectivity index (χ3v) is 5.62. The second-order valence-electron chi connectivity index (χ2n) is 7.58. The number of rotatable bonds is 5. The van der Waals surface area contributed by atoms with Crippen molar-refractivity contribution < 1.29 is 9.47 Å². The first-order chi connectivity index (χ1) is 16.2. The number of benzene rings is 3. The van der Waals surface area contributed by atoms with E-state index >= 15 is 0 Å². The summed E-state index contributed by atoms with van der Waals surface area (Å²) < 4.78 is 13.0. The molecule has 0 saturated heterocycles. The monoisotopic (exact) mass is 431 g/mol. The van der Waals surface area contributed by atoms with Crippen molar-refractivity contribution in [2.45, 2.75) is 0 Å². The molecule has 0 aliphatic rings. The zero-order chi connectivity index (χ0) is 22.8. The Morgan fingerprint density at radius 2 is 1.55 bits per heavy atom. The van der Waals surface area contributed by atoms with Gasteiger partial charge in [0.25, 0.3) is 0 Å². The van der Waals surface area contributed by atoms with E-state index in [1.807, 2.05) is 95.4 Å². The van der Waals surface area contributed by atoms with Crippen molar-refractivity contribution in [2.75, 3.05) is 14.2 Å². The van der Waals surface area contributed by atoms with Crippen molar-refractivity contribution in [1.82, 2.24) is 9.38 Å². The number of nitriles is 1. The molecule has 0 fully saturated rings. The van der Waals surface area contributed by atoms with Crippen LogP contribution >= 0.6 is 0 Å². The van der Waals surface area contributed by atoms with Gasteiger partial charge in [-0.1, -0.05) is 54.6 Å². The van der Waals surface area contributed by atoms with Crippen LogP contribution in [-0.4, -0.2) is 23.6 Å². The van der Waals surface area contributed by atoms with Gasteiger partial charge in [-0.2, -0.15) is 5.26 Å². The van der Waals surface area contributed by atoms with E-state index in [1.165, 1.54) is 0 Å². The molecular formula is C28H21N3O2. The van der Waals surface area contributed by atoms with Crippen LogP contribution in [0.2, 0.25) is 0 Å². The van der Waals surface area contributed by atoms with Gasteiger partial charge in [0.2, 0.25) is 0 Å². The number of nitrogens with zero attached hydrogens (tertiary/aromatic N) is 3. The highest BCUT2D eigenvalue weighted by Gasteiger charge is 2.18. The molecule has 0 atom stereocenters. The molecule has 33 heavy (non-hydrogen) atoms. The molecule has 0 bridgehead atoms. The summed E-state index contributed by atoms with van der Waals surface area (Å²) >= 11 is 0. The summed E-state index contributed by atoms with van der Waals surface area (Å²) in [6, 6.07) is 28.1. The van der Waals surface area contributed by atoms with E-state index < -0.39 is 0 Å². The number of para-hydroxylation sites is 2. The van der Waals surface area contributed by atoms with Crippen LogP contribution < -0.4 is 9.47 Å². The lowest BCUT2D eigenvalue weighted by atomic mass is 10.0. The Balaban J connectivity index is 1.84. The number of methoxy groups -OCH3 is 2. The Kier molecular flexibility index (Phi) is 5.26. The highest BCUT2D eigenvalue weighted by molar-refractivity contribution is 5.89. The molecule has 0 unspecified atom stereocenters. The average Bonchev–Trinajstić information content (AvgIpc) is 3.26. The molecule has 3 aromatic carbocycles. The molecule has 5 aromatic rings. The van der Waals surface area contributed by atoms with Gasteiger partial charge in [0.15, 0.2) is 5.65 Å². The number of pyridine rings is 1. The summed E-state index contributed by atoms with van der Waals surface area (Å²) in [5.74, 6) is 1.38. The van der Waals surface area contributed by atoms with Gasteiger partial charge >= 0.3 is 0 Å². The molecule has 0 amide bonds. The Labute approximate surface area is 191 Å². The minimum Gasteiger partial charge on any atom is -0.497 e. The molecule has 0 radical (unpaired) electrons. The average molecular weight is 431 g/mol. The Bertz CT molecular complexity index is 1520. The zero-order valence-electron chi connectivity index (χ0n) is 18.3. The smallest absolute Gasteiger partial charge is 0.157 e. The molecule has 5 nitrogen and oxygen atoms in total. The Hall–Kier alpha value is -4.56. The van der Waals surface area contributed by atoms with Crippen LogP contribution in [0.4, 0.5) is 0 Å². The van der Waals surface area contributed by atoms with E-state index in [9.17, 15) is 5.26 Å². The van der Waals surface area contributed by atoms with Crippen LogP contribution in [0.1, 0.15) is 16.7 Å².